The molecule has 1 amide bonds. The van der Waals surface area contributed by atoms with Crippen LogP contribution in [-0.2, 0) is 16.1 Å². The summed E-state index contributed by atoms with van der Waals surface area (Å²) in [6.07, 6.45) is 3.61. The number of aliphatic hydroxyl groups is 1. The molecular weight excluding hydrogens is 490 g/mol. The Kier molecular flexibility index (Phi) is 7.90. The van der Waals surface area contributed by atoms with Gasteiger partial charge in [-0.1, -0.05) is 55.1 Å². The van der Waals surface area contributed by atoms with Crippen molar-refractivity contribution >= 4 is 23.4 Å². The minimum absolute atomic E-state index is 0.0128. The predicted octanol–water partition coefficient (Wildman–Crippen LogP) is 4.53. The number of rotatable bonds is 8. The van der Waals surface area contributed by atoms with Crippen LogP contribution < -0.4 is 5.32 Å². The van der Waals surface area contributed by atoms with Gasteiger partial charge in [0.05, 0.1) is 24.4 Å². The molecule has 1 aliphatic rings. The number of aliphatic hydroxyl groups excluding tert-OH is 1. The lowest BCUT2D eigenvalue weighted by molar-refractivity contribution is -0.268. The summed E-state index contributed by atoms with van der Waals surface area (Å²) >= 11 is 1.54. The van der Waals surface area contributed by atoms with Crippen LogP contribution in [0.4, 0.5) is 5.69 Å². The highest BCUT2D eigenvalue weighted by atomic mass is 32.2. The summed E-state index contributed by atoms with van der Waals surface area (Å²) in [5.74, 6) is 0.450. The zero-order valence-electron chi connectivity index (χ0n) is 20.2. The van der Waals surface area contributed by atoms with Gasteiger partial charge in [-0.2, -0.15) is 5.10 Å². The summed E-state index contributed by atoms with van der Waals surface area (Å²) in [7, 11) is 0. The van der Waals surface area contributed by atoms with Crippen molar-refractivity contribution in [1.82, 2.24) is 20.2 Å². The summed E-state index contributed by atoms with van der Waals surface area (Å²) in [6, 6.07) is 18.7. The van der Waals surface area contributed by atoms with Crippen LogP contribution in [0.2, 0.25) is 0 Å². The van der Waals surface area contributed by atoms with Crippen molar-refractivity contribution in [3.05, 3.63) is 102 Å². The quantitative estimate of drug-likeness (QED) is 0.292. The number of ether oxygens (including phenoxy) is 2. The third kappa shape index (κ3) is 6.05. The standard InChI is InChI=1S/C27H27N5O4S/c1-17-23(15-37-27-29-16-30-32-27)35-26(36-24(17)19-9-7-18(14-33)8-10-19)20-4-2-6-22(12-20)31-25(34)21-5-3-11-28-13-21/h2-13,16-17,23-24,26,33H,14-15H2,1H3,(H,31,34)(H,29,30,32)/t17-,23+,24+,26+/m0/s1. The van der Waals surface area contributed by atoms with Crippen LogP contribution in [0.15, 0.2) is 84.5 Å². The van der Waals surface area contributed by atoms with Crippen LogP contribution in [-0.4, -0.2) is 43.0 Å². The number of carbonyl (C=O) groups is 1. The highest BCUT2D eigenvalue weighted by Crippen LogP contribution is 2.43. The van der Waals surface area contributed by atoms with Crippen LogP contribution in [0.25, 0.3) is 0 Å². The molecule has 0 radical (unpaired) electrons. The van der Waals surface area contributed by atoms with E-state index < -0.39 is 6.29 Å². The van der Waals surface area contributed by atoms with E-state index in [0.29, 0.717) is 17.0 Å². The molecule has 3 heterocycles. The van der Waals surface area contributed by atoms with Crippen LogP contribution in [0.5, 0.6) is 0 Å². The Labute approximate surface area is 218 Å². The normalized spacial score (nSPS) is 21.5. The van der Waals surface area contributed by atoms with E-state index in [0.717, 1.165) is 21.8 Å². The van der Waals surface area contributed by atoms with Gasteiger partial charge in [0.2, 0.25) is 0 Å². The highest BCUT2D eigenvalue weighted by molar-refractivity contribution is 7.99. The fourth-order valence-corrected chi connectivity index (χ4v) is 5.14. The number of carbonyl (C=O) groups excluding carboxylic acids is 1. The van der Waals surface area contributed by atoms with Crippen molar-refractivity contribution in [2.45, 2.75) is 37.2 Å². The number of hydrogen-bond acceptors (Lipinski definition) is 8. The molecule has 1 aliphatic heterocycles. The summed E-state index contributed by atoms with van der Waals surface area (Å²) in [4.78, 5) is 20.9. The van der Waals surface area contributed by atoms with Gasteiger partial charge in [0.15, 0.2) is 11.4 Å². The molecule has 5 rings (SSSR count). The number of benzene rings is 2. The van der Waals surface area contributed by atoms with E-state index in [-0.39, 0.29) is 30.6 Å². The molecule has 4 atom stereocenters. The summed E-state index contributed by atoms with van der Waals surface area (Å²) in [6.45, 7) is 2.10. The first-order valence-corrected chi connectivity index (χ1v) is 12.9. The fraction of sp³-hybridized carbons (Fsp3) is 0.259. The molecule has 37 heavy (non-hydrogen) atoms. The SMILES string of the molecule is C[C@H]1[C@@H](CSc2ncn[nH]2)O[C@@H](c2cccc(NC(=O)c3cccnc3)c2)O[C@H]1c1ccc(CO)cc1. The molecule has 0 unspecified atom stereocenters. The Bertz CT molecular complexity index is 1300. The van der Waals surface area contributed by atoms with Gasteiger partial charge in [-0.3, -0.25) is 14.9 Å². The number of amides is 1. The van der Waals surface area contributed by atoms with Gasteiger partial charge < -0.3 is 19.9 Å². The number of nitrogens with one attached hydrogen (secondary N) is 2. The van der Waals surface area contributed by atoms with E-state index in [1.807, 2.05) is 48.5 Å². The van der Waals surface area contributed by atoms with Crippen LogP contribution in [0.3, 0.4) is 0 Å². The molecule has 3 N–H and O–H groups in total. The number of nitrogens with zero attached hydrogens (tertiary/aromatic N) is 3. The molecule has 0 bridgehead atoms. The maximum absolute atomic E-state index is 12.6. The molecule has 4 aromatic rings. The number of anilines is 1. The van der Waals surface area contributed by atoms with Crippen LogP contribution in [0, 0.1) is 5.92 Å². The lowest BCUT2D eigenvalue weighted by Gasteiger charge is -2.41. The van der Waals surface area contributed by atoms with Crippen molar-refractivity contribution in [3.63, 3.8) is 0 Å². The van der Waals surface area contributed by atoms with E-state index in [9.17, 15) is 9.90 Å². The maximum Gasteiger partial charge on any atom is 0.257 e. The minimum atomic E-state index is -0.644. The van der Waals surface area contributed by atoms with Gasteiger partial charge in [0.1, 0.15) is 6.33 Å². The first-order chi connectivity index (χ1) is 18.1. The van der Waals surface area contributed by atoms with Gasteiger partial charge in [0, 0.05) is 35.3 Å². The summed E-state index contributed by atoms with van der Waals surface area (Å²) < 4.78 is 13.0. The Morgan fingerprint density at radius 1 is 1.11 bits per heavy atom. The second kappa shape index (κ2) is 11.7. The molecule has 0 spiro atoms. The monoisotopic (exact) mass is 517 g/mol. The Balaban J connectivity index is 1.38. The Morgan fingerprint density at radius 3 is 2.70 bits per heavy atom. The third-order valence-corrected chi connectivity index (χ3v) is 7.21. The molecule has 190 valence electrons. The molecule has 2 aromatic carbocycles. The maximum atomic E-state index is 12.6. The van der Waals surface area contributed by atoms with Gasteiger partial charge in [0.25, 0.3) is 5.91 Å². The molecule has 1 fully saturated rings. The zero-order chi connectivity index (χ0) is 25.6. The average molecular weight is 518 g/mol. The second-order valence-electron chi connectivity index (χ2n) is 8.74. The Morgan fingerprint density at radius 2 is 1.97 bits per heavy atom. The smallest absolute Gasteiger partial charge is 0.257 e. The van der Waals surface area contributed by atoms with Crippen molar-refractivity contribution in [2.75, 3.05) is 11.1 Å². The lowest BCUT2D eigenvalue weighted by atomic mass is 9.91. The Hall–Kier alpha value is -3.57. The number of aromatic nitrogens is 4. The number of thioether (sulfide) groups is 1. The first-order valence-electron chi connectivity index (χ1n) is 11.9. The van der Waals surface area contributed by atoms with Gasteiger partial charge >= 0.3 is 0 Å². The fourth-order valence-electron chi connectivity index (χ4n) is 4.20. The number of hydrogen-bond donors (Lipinski definition) is 3. The molecule has 1 saturated heterocycles. The van der Waals surface area contributed by atoms with Crippen molar-refractivity contribution in [1.29, 1.82) is 0 Å². The van der Waals surface area contributed by atoms with Crippen LogP contribution >= 0.6 is 11.8 Å². The number of pyridine rings is 1. The molecule has 2 aromatic heterocycles. The molecule has 9 nitrogen and oxygen atoms in total. The average Bonchev–Trinajstić information content (AvgIpc) is 3.47. The molecule has 0 saturated carbocycles. The van der Waals surface area contributed by atoms with Crippen LogP contribution in [0.1, 0.15) is 46.4 Å². The van der Waals surface area contributed by atoms with Gasteiger partial charge in [-0.15, -0.1) is 0 Å². The highest BCUT2D eigenvalue weighted by Gasteiger charge is 2.38. The zero-order valence-corrected chi connectivity index (χ0v) is 21.0. The van der Waals surface area contributed by atoms with Crippen molar-refractivity contribution < 1.29 is 19.4 Å². The van der Waals surface area contributed by atoms with Gasteiger partial charge in [-0.05, 0) is 35.4 Å². The summed E-state index contributed by atoms with van der Waals surface area (Å²) in [5, 5.41) is 19.9. The molecule has 10 heteroatoms. The minimum Gasteiger partial charge on any atom is -0.392 e. The van der Waals surface area contributed by atoms with E-state index in [1.165, 1.54) is 12.5 Å². The number of H-pyrrole nitrogens is 1. The van der Waals surface area contributed by atoms with E-state index in [4.69, 9.17) is 9.47 Å². The first kappa shape index (κ1) is 25.1. The van der Waals surface area contributed by atoms with E-state index in [2.05, 4.69) is 32.4 Å². The molecular formula is C27H27N5O4S. The predicted molar refractivity (Wildman–Crippen MR) is 139 cm³/mol. The van der Waals surface area contributed by atoms with Gasteiger partial charge in [-0.25, -0.2) is 4.98 Å². The molecule has 0 aliphatic carbocycles. The third-order valence-electron chi connectivity index (χ3n) is 6.24. The largest absolute Gasteiger partial charge is 0.392 e. The van der Waals surface area contributed by atoms with Crippen molar-refractivity contribution in [2.24, 2.45) is 5.92 Å². The van der Waals surface area contributed by atoms with E-state index in [1.54, 1.807) is 30.1 Å². The topological polar surface area (TPSA) is 122 Å². The van der Waals surface area contributed by atoms with Crippen molar-refractivity contribution in [3.8, 4) is 0 Å². The summed E-state index contributed by atoms with van der Waals surface area (Å²) in [5.41, 5.74) is 3.75. The second-order valence-corrected chi connectivity index (χ2v) is 9.75. The lowest BCUT2D eigenvalue weighted by Crippen LogP contribution is -2.38. The van der Waals surface area contributed by atoms with E-state index >= 15 is 0 Å². The number of aromatic amines is 1.